The van der Waals surface area contributed by atoms with Crippen LogP contribution < -0.4 is 0 Å². The second kappa shape index (κ2) is 7.91. The maximum Gasteiger partial charge on any atom is 0.276 e. The summed E-state index contributed by atoms with van der Waals surface area (Å²) in [5.74, 6) is -0.217. The molecule has 3 fully saturated rings. The minimum Gasteiger partial charge on any atom is -0.505 e. The molecule has 0 radical (unpaired) electrons. The summed E-state index contributed by atoms with van der Waals surface area (Å²) < 4.78 is 0. The molecule has 1 N–H and O–H groups in total. The van der Waals surface area contributed by atoms with Crippen molar-refractivity contribution in [2.45, 2.75) is 76.5 Å². The number of aromatic nitrogens is 1. The van der Waals surface area contributed by atoms with E-state index in [4.69, 9.17) is 0 Å². The molecule has 168 valence electrons. The third-order valence-electron chi connectivity index (χ3n) is 8.08. The maximum absolute atomic E-state index is 13.8. The molecule has 2 saturated heterocycles. The smallest absolute Gasteiger partial charge is 0.276 e. The highest BCUT2D eigenvalue weighted by Crippen LogP contribution is 2.56. The number of piperidine rings is 1. The first-order valence-electron chi connectivity index (χ1n) is 11.7. The van der Waals surface area contributed by atoms with Crippen LogP contribution in [-0.2, 0) is 11.2 Å². The highest BCUT2D eigenvalue weighted by molar-refractivity contribution is 5.95. The van der Waals surface area contributed by atoms with E-state index in [0.29, 0.717) is 6.42 Å². The molecule has 5 rings (SSSR count). The largest absolute Gasteiger partial charge is 0.505 e. The molecule has 32 heavy (non-hydrogen) atoms. The minimum absolute atomic E-state index is 0.0385. The molecule has 1 saturated carbocycles. The number of rotatable bonds is 3. The Morgan fingerprint density at radius 1 is 1.06 bits per heavy atom. The normalized spacial score (nSPS) is 31.3. The first-order chi connectivity index (χ1) is 15.4. The molecule has 0 spiro atoms. The summed E-state index contributed by atoms with van der Waals surface area (Å²) in [4.78, 5) is 35.2. The Labute approximate surface area is 189 Å². The monoisotopic (exact) mass is 433 g/mol. The second-order valence-electron chi connectivity index (χ2n) is 9.86. The molecule has 6 nitrogen and oxygen atoms in total. The highest BCUT2D eigenvalue weighted by atomic mass is 16.3. The number of hydrogen-bond acceptors (Lipinski definition) is 4. The van der Waals surface area contributed by atoms with Crippen LogP contribution in [0.5, 0.6) is 5.75 Å². The molecule has 0 unspecified atom stereocenters. The van der Waals surface area contributed by atoms with Crippen LogP contribution in [0.3, 0.4) is 0 Å². The third kappa shape index (κ3) is 3.19. The van der Waals surface area contributed by atoms with E-state index in [9.17, 15) is 14.7 Å². The summed E-state index contributed by atoms with van der Waals surface area (Å²) in [7, 11) is 0. The number of fused-ring (bicyclic) bond motifs is 1. The first-order valence-corrected chi connectivity index (χ1v) is 11.7. The first kappa shape index (κ1) is 21.0. The lowest BCUT2D eigenvalue weighted by Crippen LogP contribution is -2.61. The fourth-order valence-electron chi connectivity index (χ4n) is 6.78. The zero-order chi connectivity index (χ0) is 22.5. The predicted molar refractivity (Wildman–Crippen MR) is 121 cm³/mol. The van der Waals surface area contributed by atoms with Crippen LogP contribution in [0.4, 0.5) is 0 Å². The Morgan fingerprint density at radius 3 is 2.41 bits per heavy atom. The van der Waals surface area contributed by atoms with Crippen LogP contribution in [-0.4, -0.2) is 55.9 Å². The average Bonchev–Trinajstić information content (AvgIpc) is 2.93. The van der Waals surface area contributed by atoms with Crippen molar-refractivity contribution in [3.63, 3.8) is 0 Å². The van der Waals surface area contributed by atoms with Gasteiger partial charge in [-0.2, -0.15) is 0 Å². The molecular weight excluding hydrogens is 402 g/mol. The number of aromatic hydroxyl groups is 1. The SMILES string of the molecule is CC(=O)N1[C@H](Cc2ccccc2)[C@@H]2C[C@@]3(C)[C@H](CCCC[C@@H]13)N2C(=O)c1ncccc1O. The zero-order valence-electron chi connectivity index (χ0n) is 18.8. The number of pyridine rings is 1. The van der Waals surface area contributed by atoms with Crippen LogP contribution in [0, 0.1) is 5.41 Å². The van der Waals surface area contributed by atoms with Crippen molar-refractivity contribution in [3.8, 4) is 5.75 Å². The molecule has 1 aliphatic carbocycles. The summed E-state index contributed by atoms with van der Waals surface area (Å²) in [5.41, 5.74) is 1.12. The molecule has 3 heterocycles. The van der Waals surface area contributed by atoms with Crippen LogP contribution in [0.1, 0.15) is 62.0 Å². The summed E-state index contributed by atoms with van der Waals surface area (Å²) in [5, 5.41) is 10.4. The Bertz CT molecular complexity index is 1030. The van der Waals surface area contributed by atoms with Gasteiger partial charge in [-0.25, -0.2) is 4.98 Å². The van der Waals surface area contributed by atoms with Gasteiger partial charge in [0.05, 0.1) is 12.1 Å². The third-order valence-corrected chi connectivity index (χ3v) is 8.08. The van der Waals surface area contributed by atoms with Crippen molar-refractivity contribution in [2.75, 3.05) is 0 Å². The van der Waals surface area contributed by atoms with E-state index >= 15 is 0 Å². The number of likely N-dealkylation sites (tertiary alicyclic amines) is 2. The highest BCUT2D eigenvalue weighted by Gasteiger charge is 2.63. The molecule has 1 aromatic carbocycles. The lowest BCUT2D eigenvalue weighted by Gasteiger charge is -2.50. The lowest BCUT2D eigenvalue weighted by molar-refractivity contribution is -0.141. The summed E-state index contributed by atoms with van der Waals surface area (Å²) in [6.07, 6.45) is 7.13. The molecular formula is C26H31N3O3. The molecule has 5 atom stereocenters. The number of carbonyl (C=O) groups is 2. The van der Waals surface area contributed by atoms with Crippen molar-refractivity contribution in [2.24, 2.45) is 5.41 Å². The average molecular weight is 434 g/mol. The maximum atomic E-state index is 13.8. The van der Waals surface area contributed by atoms with Gasteiger partial charge in [0, 0.05) is 30.6 Å². The molecule has 2 aliphatic heterocycles. The van der Waals surface area contributed by atoms with Crippen molar-refractivity contribution in [1.82, 2.24) is 14.8 Å². The fraction of sp³-hybridized carbons (Fsp3) is 0.500. The van der Waals surface area contributed by atoms with E-state index in [0.717, 1.165) is 32.1 Å². The summed E-state index contributed by atoms with van der Waals surface area (Å²) in [6, 6.07) is 13.3. The van der Waals surface area contributed by atoms with Gasteiger partial charge in [0.15, 0.2) is 5.69 Å². The van der Waals surface area contributed by atoms with Gasteiger partial charge in [0.25, 0.3) is 5.91 Å². The van der Waals surface area contributed by atoms with Crippen molar-refractivity contribution in [1.29, 1.82) is 0 Å². The van der Waals surface area contributed by atoms with E-state index in [1.807, 2.05) is 23.1 Å². The van der Waals surface area contributed by atoms with Crippen molar-refractivity contribution >= 4 is 11.8 Å². The van der Waals surface area contributed by atoms with Crippen LogP contribution in [0.25, 0.3) is 0 Å². The Balaban J connectivity index is 1.62. The van der Waals surface area contributed by atoms with Crippen LogP contribution in [0.2, 0.25) is 0 Å². The van der Waals surface area contributed by atoms with Gasteiger partial charge in [-0.3, -0.25) is 9.59 Å². The minimum atomic E-state index is -0.217. The van der Waals surface area contributed by atoms with E-state index in [-0.39, 0.29) is 52.8 Å². The Morgan fingerprint density at radius 2 is 1.75 bits per heavy atom. The van der Waals surface area contributed by atoms with Gasteiger partial charge in [0.2, 0.25) is 5.91 Å². The van der Waals surface area contributed by atoms with E-state index in [1.54, 1.807) is 19.2 Å². The van der Waals surface area contributed by atoms with E-state index in [1.165, 1.54) is 11.6 Å². The number of benzene rings is 1. The van der Waals surface area contributed by atoms with Crippen LogP contribution >= 0.6 is 0 Å². The molecule has 6 heteroatoms. The fourth-order valence-corrected chi connectivity index (χ4v) is 6.78. The Kier molecular flexibility index (Phi) is 5.19. The molecule has 1 aromatic heterocycles. The molecule has 3 aliphatic rings. The molecule has 2 amide bonds. The van der Waals surface area contributed by atoms with Crippen molar-refractivity contribution < 1.29 is 14.7 Å². The van der Waals surface area contributed by atoms with Gasteiger partial charge in [-0.05, 0) is 43.4 Å². The van der Waals surface area contributed by atoms with Gasteiger partial charge < -0.3 is 14.9 Å². The lowest BCUT2D eigenvalue weighted by atomic mass is 9.69. The molecule has 2 bridgehead atoms. The number of amides is 2. The number of carbonyl (C=O) groups excluding carboxylic acids is 2. The Hall–Kier alpha value is -2.89. The van der Waals surface area contributed by atoms with Gasteiger partial charge in [-0.1, -0.05) is 50.1 Å². The van der Waals surface area contributed by atoms with Gasteiger partial charge >= 0.3 is 0 Å². The number of nitrogens with zero attached hydrogens (tertiary/aromatic N) is 3. The predicted octanol–water partition coefficient (Wildman–Crippen LogP) is 3.79. The van der Waals surface area contributed by atoms with Gasteiger partial charge in [0.1, 0.15) is 5.75 Å². The zero-order valence-corrected chi connectivity index (χ0v) is 18.8. The quantitative estimate of drug-likeness (QED) is 0.799. The summed E-state index contributed by atoms with van der Waals surface area (Å²) >= 11 is 0. The second-order valence-corrected chi connectivity index (χ2v) is 9.86. The number of hydrogen-bond donors (Lipinski definition) is 1. The standard InChI is InChI=1S/C26H31N3O3/c1-17(30)28-19(15-18-9-4-3-5-10-18)20-16-26(2)22(28)12-6-7-13-23(26)29(20)25(32)24-21(31)11-8-14-27-24/h3-5,8-11,14,19-20,22-23,31H,6-7,12-13,15-16H2,1-2H3/t19-,20+,22-,23+,26-/m1/s1. The van der Waals surface area contributed by atoms with Gasteiger partial charge in [-0.15, -0.1) is 0 Å². The van der Waals surface area contributed by atoms with E-state index < -0.39 is 0 Å². The van der Waals surface area contributed by atoms with Crippen molar-refractivity contribution in [3.05, 3.63) is 59.9 Å². The van der Waals surface area contributed by atoms with E-state index in [2.05, 4.69) is 28.9 Å². The topological polar surface area (TPSA) is 73.7 Å². The van der Waals surface area contributed by atoms with Crippen LogP contribution in [0.15, 0.2) is 48.7 Å². The molecule has 2 aromatic rings. The summed E-state index contributed by atoms with van der Waals surface area (Å²) in [6.45, 7) is 3.93.